The van der Waals surface area contributed by atoms with Crippen molar-refractivity contribution in [2.75, 3.05) is 33.5 Å². The predicted octanol–water partition coefficient (Wildman–Crippen LogP) is -1.75. The lowest BCUT2D eigenvalue weighted by atomic mass is 9.94. The molecule has 2 aliphatic rings. The molecule has 2 rings (SSSR count). The van der Waals surface area contributed by atoms with Gasteiger partial charge in [-0.05, 0) is 12.8 Å². The van der Waals surface area contributed by atoms with Crippen molar-refractivity contribution in [2.45, 2.75) is 120 Å². The molecule has 2 amide bonds. The van der Waals surface area contributed by atoms with Gasteiger partial charge in [-0.15, -0.1) is 0 Å². The Balaban J connectivity index is 1.88. The number of hydrogen-bond acceptors (Lipinski definition) is 13. The number of hydrogen-bond donors (Lipinski definition) is 8. The molecule has 0 bridgehead atoms. The van der Waals surface area contributed by atoms with Gasteiger partial charge in [-0.1, -0.05) is 38.5 Å². The largest absolute Gasteiger partial charge is 0.450 e. The van der Waals surface area contributed by atoms with E-state index in [9.17, 15) is 40.2 Å². The number of nitrogens with one attached hydrogen (secondary N) is 2. The number of amides is 2. The Morgan fingerprint density at radius 1 is 0.732 bits per heavy atom. The molecule has 8 N–H and O–H groups in total. The third-order valence-corrected chi connectivity index (χ3v) is 7.17. The molecule has 2 saturated heterocycles. The second kappa shape index (κ2) is 18.8. The predicted molar refractivity (Wildman–Crippen MR) is 141 cm³/mol. The van der Waals surface area contributed by atoms with Crippen LogP contribution < -0.4 is 10.6 Å². The lowest BCUT2D eigenvalue weighted by molar-refractivity contribution is -0.327. The maximum Gasteiger partial charge on any atom is 0.407 e. The van der Waals surface area contributed by atoms with E-state index in [1.165, 1.54) is 0 Å². The van der Waals surface area contributed by atoms with E-state index in [4.69, 9.17) is 23.7 Å². The average Bonchev–Trinajstić information content (AvgIpc) is 2.94. The van der Waals surface area contributed by atoms with Gasteiger partial charge in [0.2, 0.25) is 5.91 Å². The van der Waals surface area contributed by atoms with Crippen molar-refractivity contribution in [1.29, 1.82) is 0 Å². The number of ether oxygens (including phenoxy) is 5. The topological polar surface area (TPSA) is 226 Å². The van der Waals surface area contributed by atoms with Gasteiger partial charge in [0, 0.05) is 20.6 Å². The number of carbonyl (C=O) groups excluding carboxylic acids is 2. The smallest absolute Gasteiger partial charge is 0.407 e. The lowest BCUT2D eigenvalue weighted by Crippen LogP contribution is -2.69. The van der Waals surface area contributed by atoms with E-state index in [2.05, 4.69) is 10.6 Å². The third-order valence-electron chi connectivity index (χ3n) is 7.17. The van der Waals surface area contributed by atoms with E-state index in [1.807, 2.05) is 0 Å². The maximum absolute atomic E-state index is 12.4. The molecule has 2 fully saturated rings. The zero-order valence-corrected chi connectivity index (χ0v) is 23.8. The quantitative estimate of drug-likeness (QED) is 0.0873. The standard InChI is InChI=1S/C26H48N2O13/c1-15(31)27-19-21(33)20(32)16(13-29)40-25(19)41-23-17(14-30)39-24(35)18(22(23)34)28-26(36)38-12-10-8-6-4-3-5-7-9-11-37-2/h16-25,29-30,32-35H,3-14H2,1-2H3,(H,27,31)(H,28,36)/t16?,17?,18-,19-,20+,21?,22?,23+,24+,25-/m1/s1. The van der Waals surface area contributed by atoms with E-state index in [1.54, 1.807) is 7.11 Å². The monoisotopic (exact) mass is 596 g/mol. The molecular formula is C26H48N2O13. The summed E-state index contributed by atoms with van der Waals surface area (Å²) in [6, 6.07) is -2.75. The Morgan fingerprint density at radius 2 is 1.32 bits per heavy atom. The van der Waals surface area contributed by atoms with Gasteiger partial charge in [-0.2, -0.15) is 0 Å². The molecule has 0 aromatic rings. The molecule has 0 aliphatic carbocycles. The van der Waals surface area contributed by atoms with Crippen LogP contribution in [-0.2, 0) is 28.5 Å². The van der Waals surface area contributed by atoms with E-state index >= 15 is 0 Å². The number of alkyl carbamates (subject to hydrolysis) is 1. The zero-order valence-electron chi connectivity index (χ0n) is 23.8. The van der Waals surface area contributed by atoms with Crippen LogP contribution in [0.25, 0.3) is 0 Å². The van der Waals surface area contributed by atoms with Crippen molar-refractivity contribution in [1.82, 2.24) is 10.6 Å². The molecule has 15 nitrogen and oxygen atoms in total. The highest BCUT2D eigenvalue weighted by Gasteiger charge is 2.51. The van der Waals surface area contributed by atoms with Gasteiger partial charge in [0.05, 0.1) is 19.8 Å². The van der Waals surface area contributed by atoms with Gasteiger partial charge < -0.3 is 65.0 Å². The fourth-order valence-corrected chi connectivity index (χ4v) is 4.90. The number of carbonyl (C=O) groups is 2. The normalized spacial score (nSPS) is 33.8. The van der Waals surface area contributed by atoms with Gasteiger partial charge in [-0.25, -0.2) is 4.79 Å². The zero-order chi connectivity index (χ0) is 30.4. The molecule has 2 heterocycles. The van der Waals surface area contributed by atoms with E-state index in [-0.39, 0.29) is 6.61 Å². The molecule has 4 unspecified atom stereocenters. The van der Waals surface area contributed by atoms with E-state index in [0.29, 0.717) is 6.42 Å². The number of aliphatic hydroxyl groups is 6. The Bertz CT molecular complexity index is 763. The van der Waals surface area contributed by atoms with Crippen molar-refractivity contribution < 1.29 is 63.9 Å². The molecular weight excluding hydrogens is 548 g/mol. The third kappa shape index (κ3) is 11.2. The Morgan fingerprint density at radius 3 is 1.88 bits per heavy atom. The van der Waals surface area contributed by atoms with Crippen molar-refractivity contribution in [3.05, 3.63) is 0 Å². The molecule has 0 aromatic heterocycles. The molecule has 41 heavy (non-hydrogen) atoms. The van der Waals surface area contributed by atoms with Gasteiger partial charge in [0.1, 0.15) is 48.7 Å². The summed E-state index contributed by atoms with van der Waals surface area (Å²) in [6.07, 6.45) is -4.88. The average molecular weight is 597 g/mol. The summed E-state index contributed by atoms with van der Waals surface area (Å²) < 4.78 is 26.8. The van der Waals surface area contributed by atoms with Gasteiger partial charge in [0.15, 0.2) is 12.6 Å². The van der Waals surface area contributed by atoms with E-state index in [0.717, 1.165) is 58.5 Å². The summed E-state index contributed by atoms with van der Waals surface area (Å²) in [7, 11) is 1.69. The molecule has 15 heteroatoms. The lowest BCUT2D eigenvalue weighted by Gasteiger charge is -2.47. The second-order valence-corrected chi connectivity index (χ2v) is 10.4. The minimum Gasteiger partial charge on any atom is -0.450 e. The van der Waals surface area contributed by atoms with Gasteiger partial charge >= 0.3 is 6.09 Å². The van der Waals surface area contributed by atoms with E-state index < -0.39 is 86.5 Å². The molecule has 2 aliphatic heterocycles. The SMILES string of the molecule is COCCCCCCCCCCOC(=O)N[C@@H]1C(O)[C@@H](O[C@H]2OC(CO)[C@H](O)C(O)[C@H]2NC(C)=O)C(CO)O[C@@H]1O. The van der Waals surface area contributed by atoms with Crippen molar-refractivity contribution in [3.63, 3.8) is 0 Å². The highest BCUT2D eigenvalue weighted by atomic mass is 16.7. The first-order chi connectivity index (χ1) is 19.6. The summed E-state index contributed by atoms with van der Waals surface area (Å²) in [6.45, 7) is 0.675. The fraction of sp³-hybridized carbons (Fsp3) is 0.923. The summed E-state index contributed by atoms with van der Waals surface area (Å²) in [5.41, 5.74) is 0. The highest BCUT2D eigenvalue weighted by molar-refractivity contribution is 5.73. The number of aliphatic hydroxyl groups excluding tert-OH is 6. The molecule has 0 spiro atoms. The maximum atomic E-state index is 12.4. The van der Waals surface area contributed by atoms with Crippen LogP contribution in [0.2, 0.25) is 0 Å². The molecule has 0 radical (unpaired) electrons. The Kier molecular flexibility index (Phi) is 16.3. The van der Waals surface area contributed by atoms with Crippen LogP contribution in [0.3, 0.4) is 0 Å². The molecule has 0 saturated carbocycles. The van der Waals surface area contributed by atoms with Crippen LogP contribution in [0, 0.1) is 0 Å². The van der Waals surface area contributed by atoms with Gasteiger partial charge in [-0.3, -0.25) is 4.79 Å². The van der Waals surface area contributed by atoms with Crippen molar-refractivity contribution in [3.8, 4) is 0 Å². The Labute approximate surface area is 240 Å². The van der Waals surface area contributed by atoms with Crippen LogP contribution >= 0.6 is 0 Å². The van der Waals surface area contributed by atoms with Crippen LogP contribution in [0.5, 0.6) is 0 Å². The van der Waals surface area contributed by atoms with Crippen LogP contribution in [0.15, 0.2) is 0 Å². The van der Waals surface area contributed by atoms with Crippen LogP contribution in [0.4, 0.5) is 4.79 Å². The summed E-state index contributed by atoms with van der Waals surface area (Å²) in [5.74, 6) is -0.587. The van der Waals surface area contributed by atoms with Crippen molar-refractivity contribution in [2.24, 2.45) is 0 Å². The first kappa shape index (κ1) is 35.5. The molecule has 10 atom stereocenters. The highest BCUT2D eigenvalue weighted by Crippen LogP contribution is 2.29. The minimum atomic E-state index is -1.73. The summed E-state index contributed by atoms with van der Waals surface area (Å²) in [5, 5.41) is 66.1. The Hall–Kier alpha value is -1.66. The summed E-state index contributed by atoms with van der Waals surface area (Å²) in [4.78, 5) is 24.1. The number of unbranched alkanes of at least 4 members (excludes halogenated alkanes) is 7. The minimum absolute atomic E-state index is 0.135. The molecule has 240 valence electrons. The van der Waals surface area contributed by atoms with Crippen LogP contribution in [-0.4, -0.2) is 137 Å². The number of methoxy groups -OCH3 is 1. The van der Waals surface area contributed by atoms with Crippen molar-refractivity contribution >= 4 is 12.0 Å². The summed E-state index contributed by atoms with van der Waals surface area (Å²) >= 11 is 0. The molecule has 0 aromatic carbocycles. The van der Waals surface area contributed by atoms with Gasteiger partial charge in [0.25, 0.3) is 0 Å². The number of rotatable bonds is 17. The fourth-order valence-electron chi connectivity index (χ4n) is 4.90. The second-order valence-electron chi connectivity index (χ2n) is 10.4. The first-order valence-electron chi connectivity index (χ1n) is 14.2. The first-order valence-corrected chi connectivity index (χ1v) is 14.2. The van der Waals surface area contributed by atoms with Crippen LogP contribution in [0.1, 0.15) is 58.3 Å².